The normalized spacial score (nSPS) is 15.5. The van der Waals surface area contributed by atoms with Crippen molar-refractivity contribution in [2.75, 3.05) is 18.4 Å². The van der Waals surface area contributed by atoms with Crippen molar-refractivity contribution >= 4 is 54.8 Å². The van der Waals surface area contributed by atoms with Crippen molar-refractivity contribution in [2.45, 2.75) is 43.5 Å². The molecule has 0 bridgehead atoms. The number of thiazole rings is 1. The SMILES string of the molecule is O=C(CCn1c(=O)sc2cc(S(=O)(=O)N3CCCCCC3)ccc21)Nc1cccc(Cl)c1. The lowest BCUT2D eigenvalue weighted by atomic mass is 10.2. The average Bonchev–Trinajstić information content (AvgIpc) is 2.91. The summed E-state index contributed by atoms with van der Waals surface area (Å²) in [5.41, 5.74) is 1.22. The standard InChI is InChI=1S/C22H24ClN3O4S2/c23-16-6-5-7-17(14-16)24-21(27)10-13-26-19-9-8-18(15-20(19)31-22(26)28)32(29,30)25-11-3-1-2-4-12-25/h5-9,14-15H,1-4,10-13H2,(H,24,27). The van der Waals surface area contributed by atoms with Crippen molar-refractivity contribution in [1.29, 1.82) is 0 Å². The number of carbonyl (C=O) groups excluding carboxylic acids is 1. The van der Waals surface area contributed by atoms with Crippen LogP contribution in [0.25, 0.3) is 10.2 Å². The maximum Gasteiger partial charge on any atom is 0.308 e. The Hall–Kier alpha value is -2.20. The van der Waals surface area contributed by atoms with Crippen LogP contribution in [0.1, 0.15) is 32.1 Å². The molecular formula is C22H24ClN3O4S2. The van der Waals surface area contributed by atoms with E-state index in [1.54, 1.807) is 46.8 Å². The Morgan fingerprint density at radius 2 is 1.81 bits per heavy atom. The summed E-state index contributed by atoms with van der Waals surface area (Å²) in [5, 5.41) is 3.28. The lowest BCUT2D eigenvalue weighted by Gasteiger charge is -2.19. The van der Waals surface area contributed by atoms with Gasteiger partial charge in [-0.3, -0.25) is 14.2 Å². The van der Waals surface area contributed by atoms with Crippen molar-refractivity contribution in [3.63, 3.8) is 0 Å². The first-order valence-corrected chi connectivity index (χ1v) is 13.2. The Labute approximate surface area is 195 Å². The molecular weight excluding hydrogens is 470 g/mol. The first-order valence-electron chi connectivity index (χ1n) is 10.5. The molecule has 7 nitrogen and oxygen atoms in total. The third kappa shape index (κ3) is 5.06. The molecule has 0 atom stereocenters. The van der Waals surface area contributed by atoms with Gasteiger partial charge in [0.05, 0.1) is 15.1 Å². The molecule has 1 fully saturated rings. The molecule has 1 aliphatic heterocycles. The van der Waals surface area contributed by atoms with E-state index in [1.165, 1.54) is 4.57 Å². The highest BCUT2D eigenvalue weighted by molar-refractivity contribution is 7.89. The second-order valence-corrected chi connectivity index (χ2v) is 11.1. The van der Waals surface area contributed by atoms with E-state index in [0.29, 0.717) is 34.0 Å². The monoisotopic (exact) mass is 493 g/mol. The van der Waals surface area contributed by atoms with Crippen molar-refractivity contribution < 1.29 is 13.2 Å². The highest BCUT2D eigenvalue weighted by atomic mass is 35.5. The molecule has 3 aromatic rings. The molecule has 2 heterocycles. The van der Waals surface area contributed by atoms with E-state index in [2.05, 4.69) is 5.32 Å². The summed E-state index contributed by atoms with van der Waals surface area (Å²) >= 11 is 6.93. The van der Waals surface area contributed by atoms with E-state index in [-0.39, 0.29) is 28.6 Å². The van der Waals surface area contributed by atoms with Gasteiger partial charge in [0.15, 0.2) is 0 Å². The number of amides is 1. The zero-order chi connectivity index (χ0) is 22.7. The molecule has 1 aliphatic rings. The number of aryl methyl sites for hydroxylation is 1. The van der Waals surface area contributed by atoms with Crippen LogP contribution >= 0.6 is 22.9 Å². The molecule has 10 heteroatoms. The number of hydrogen-bond donors (Lipinski definition) is 1. The summed E-state index contributed by atoms with van der Waals surface area (Å²) in [6.07, 6.45) is 3.91. The average molecular weight is 494 g/mol. The highest BCUT2D eigenvalue weighted by Gasteiger charge is 2.26. The number of nitrogens with one attached hydrogen (secondary N) is 1. The number of anilines is 1. The number of halogens is 1. The maximum absolute atomic E-state index is 13.1. The number of aromatic nitrogens is 1. The maximum atomic E-state index is 13.1. The number of rotatable bonds is 6. The predicted octanol–water partition coefficient (Wildman–Crippen LogP) is 4.31. The Morgan fingerprint density at radius 1 is 1.06 bits per heavy atom. The van der Waals surface area contributed by atoms with Gasteiger partial charge in [0.2, 0.25) is 15.9 Å². The smallest absolute Gasteiger partial charge is 0.308 e. The number of sulfonamides is 1. The van der Waals surface area contributed by atoms with Gasteiger partial charge in [-0.1, -0.05) is 41.8 Å². The molecule has 2 aromatic carbocycles. The van der Waals surface area contributed by atoms with Gasteiger partial charge in [-0.25, -0.2) is 8.42 Å². The zero-order valence-corrected chi connectivity index (χ0v) is 19.8. The summed E-state index contributed by atoms with van der Waals surface area (Å²) in [5.74, 6) is -0.237. The van der Waals surface area contributed by atoms with Gasteiger partial charge in [0.25, 0.3) is 0 Å². The number of nitrogens with zero attached hydrogens (tertiary/aromatic N) is 2. The Bertz CT molecular complexity index is 1290. The Balaban J connectivity index is 1.51. The summed E-state index contributed by atoms with van der Waals surface area (Å²) in [6, 6.07) is 11.6. The fourth-order valence-electron chi connectivity index (χ4n) is 3.85. The van der Waals surface area contributed by atoms with Gasteiger partial charge < -0.3 is 5.32 Å². The van der Waals surface area contributed by atoms with Crippen molar-refractivity contribution in [3.05, 3.63) is 57.2 Å². The van der Waals surface area contributed by atoms with E-state index >= 15 is 0 Å². The van der Waals surface area contributed by atoms with Crippen LogP contribution in [0, 0.1) is 0 Å². The lowest BCUT2D eigenvalue weighted by molar-refractivity contribution is -0.116. The molecule has 32 heavy (non-hydrogen) atoms. The third-order valence-electron chi connectivity index (χ3n) is 5.51. The van der Waals surface area contributed by atoms with Crippen LogP contribution in [0.15, 0.2) is 52.2 Å². The third-order valence-corrected chi connectivity index (χ3v) is 8.59. The zero-order valence-electron chi connectivity index (χ0n) is 17.4. The minimum absolute atomic E-state index is 0.103. The second kappa shape index (κ2) is 9.74. The van der Waals surface area contributed by atoms with E-state index in [4.69, 9.17) is 11.6 Å². The van der Waals surface area contributed by atoms with Crippen LogP contribution in [0.4, 0.5) is 5.69 Å². The largest absolute Gasteiger partial charge is 0.326 e. The minimum Gasteiger partial charge on any atom is -0.326 e. The van der Waals surface area contributed by atoms with Crippen LogP contribution < -0.4 is 10.2 Å². The van der Waals surface area contributed by atoms with Crippen molar-refractivity contribution in [1.82, 2.24) is 8.87 Å². The first kappa shape index (κ1) is 23.0. The fraction of sp³-hybridized carbons (Fsp3) is 0.364. The highest BCUT2D eigenvalue weighted by Crippen LogP contribution is 2.26. The summed E-state index contributed by atoms with van der Waals surface area (Å²) in [6.45, 7) is 1.25. The molecule has 1 aromatic heterocycles. The second-order valence-electron chi connectivity index (χ2n) is 7.78. The van der Waals surface area contributed by atoms with Crippen LogP contribution in [0.5, 0.6) is 0 Å². The van der Waals surface area contributed by atoms with E-state index in [9.17, 15) is 18.0 Å². The molecule has 1 amide bonds. The quantitative estimate of drug-likeness (QED) is 0.554. The minimum atomic E-state index is -3.59. The molecule has 1 saturated heterocycles. The van der Waals surface area contributed by atoms with Gasteiger partial charge in [0.1, 0.15) is 0 Å². The first-order chi connectivity index (χ1) is 15.3. The summed E-state index contributed by atoms with van der Waals surface area (Å²) in [4.78, 5) is 24.8. The molecule has 0 saturated carbocycles. The molecule has 0 spiro atoms. The van der Waals surface area contributed by atoms with E-state index < -0.39 is 10.0 Å². The molecule has 1 N–H and O–H groups in total. The lowest BCUT2D eigenvalue weighted by Crippen LogP contribution is -2.31. The van der Waals surface area contributed by atoms with Crippen molar-refractivity contribution in [2.24, 2.45) is 0 Å². The molecule has 170 valence electrons. The van der Waals surface area contributed by atoms with Gasteiger partial charge in [-0.05, 0) is 49.2 Å². The molecule has 4 rings (SSSR count). The van der Waals surface area contributed by atoms with Crippen molar-refractivity contribution in [3.8, 4) is 0 Å². The molecule has 0 unspecified atom stereocenters. The fourth-order valence-corrected chi connectivity index (χ4v) is 6.62. The van der Waals surface area contributed by atoms with E-state index in [0.717, 1.165) is 37.0 Å². The number of carbonyl (C=O) groups is 1. The predicted molar refractivity (Wildman–Crippen MR) is 128 cm³/mol. The Kier molecular flexibility index (Phi) is 6.99. The van der Waals surface area contributed by atoms with Gasteiger partial charge in [-0.15, -0.1) is 0 Å². The topological polar surface area (TPSA) is 88.5 Å². The van der Waals surface area contributed by atoms with Gasteiger partial charge in [0, 0.05) is 36.8 Å². The Morgan fingerprint density at radius 3 is 2.53 bits per heavy atom. The van der Waals surface area contributed by atoms with Gasteiger partial charge in [-0.2, -0.15) is 4.31 Å². The number of hydrogen-bond acceptors (Lipinski definition) is 5. The number of benzene rings is 2. The van der Waals surface area contributed by atoms with Gasteiger partial charge >= 0.3 is 4.87 Å². The van der Waals surface area contributed by atoms with Crippen LogP contribution in [0.3, 0.4) is 0 Å². The molecule has 0 radical (unpaired) electrons. The summed E-state index contributed by atoms with van der Waals surface area (Å²) in [7, 11) is -3.59. The summed E-state index contributed by atoms with van der Waals surface area (Å²) < 4.78 is 29.8. The van der Waals surface area contributed by atoms with Crippen LogP contribution in [-0.4, -0.2) is 36.3 Å². The molecule has 0 aliphatic carbocycles. The van der Waals surface area contributed by atoms with E-state index in [1.807, 2.05) is 0 Å². The van der Waals surface area contributed by atoms with Crippen LogP contribution in [-0.2, 0) is 21.4 Å². The number of fused-ring (bicyclic) bond motifs is 1. The van der Waals surface area contributed by atoms with Crippen LogP contribution in [0.2, 0.25) is 5.02 Å².